The molecule has 12 heavy (non-hydrogen) atoms. The van der Waals surface area contributed by atoms with Crippen LogP contribution in [-0.4, -0.2) is 35.0 Å². The number of carbonyl (C=O) groups excluding carboxylic acids is 1. The highest BCUT2D eigenvalue weighted by Crippen LogP contribution is 1.88. The van der Waals surface area contributed by atoms with Gasteiger partial charge in [0.2, 0.25) is 0 Å². The summed E-state index contributed by atoms with van der Waals surface area (Å²) in [6.07, 6.45) is 0. The average Bonchev–Trinajstić information content (AvgIpc) is 2.10. The third-order valence-electron chi connectivity index (χ3n) is 0.844. The lowest BCUT2D eigenvalue weighted by Crippen LogP contribution is -2.12. The Kier molecular flexibility index (Phi) is 10.6. The molecule has 0 aromatic carbocycles. The Hall–Kier alpha value is 0.850. The summed E-state index contributed by atoms with van der Waals surface area (Å²) in [5.41, 5.74) is 0. The Morgan fingerprint density at radius 2 is 1.92 bits per heavy atom. The van der Waals surface area contributed by atoms with E-state index in [1.807, 2.05) is 22.6 Å². The summed E-state index contributed by atoms with van der Waals surface area (Å²) in [4.78, 5) is 10.6. The quantitative estimate of drug-likeness (QED) is 0.213. The first kappa shape index (κ1) is 12.8. The largest absolute Gasteiger partial charge is 0.463 e. The van der Waals surface area contributed by atoms with Crippen LogP contribution >= 0.6 is 45.2 Å². The van der Waals surface area contributed by atoms with E-state index in [1.165, 1.54) is 0 Å². The van der Waals surface area contributed by atoms with Gasteiger partial charge in [-0.1, -0.05) is 45.2 Å². The highest BCUT2D eigenvalue weighted by Gasteiger charge is 1.97. The smallest absolute Gasteiger partial charge is 0.315 e. The maximum absolute atomic E-state index is 10.6. The molecule has 6 heteroatoms. The Morgan fingerprint density at radius 3 is 2.50 bits per heavy atom. The second-order valence-corrected chi connectivity index (χ2v) is 3.08. The predicted octanol–water partition coefficient (Wildman–Crippen LogP) is 1.35. The number of rotatable bonds is 7. The summed E-state index contributed by atoms with van der Waals surface area (Å²) in [6.45, 7) is 0.941. The molecule has 0 radical (unpaired) electrons. The number of hydrogen-bond acceptors (Lipinski definition) is 4. The molecule has 0 amide bonds. The Balaban J connectivity index is 2.95. The number of esters is 1. The Labute approximate surface area is 98.6 Å². The molecule has 0 bridgehead atoms. The van der Waals surface area contributed by atoms with Crippen molar-refractivity contribution in [2.75, 3.05) is 29.0 Å². The van der Waals surface area contributed by atoms with Gasteiger partial charge in [-0.3, -0.25) is 4.79 Å². The zero-order valence-corrected chi connectivity index (χ0v) is 10.7. The van der Waals surface area contributed by atoms with Crippen LogP contribution in [0.15, 0.2) is 0 Å². The molecule has 0 aliphatic rings. The number of alkyl halides is 2. The van der Waals surface area contributed by atoms with Gasteiger partial charge in [-0.05, 0) is 0 Å². The van der Waals surface area contributed by atoms with E-state index in [9.17, 15) is 4.79 Å². The van der Waals surface area contributed by atoms with E-state index < -0.39 is 0 Å². The van der Waals surface area contributed by atoms with Crippen molar-refractivity contribution in [2.24, 2.45) is 0 Å². The van der Waals surface area contributed by atoms with Crippen LogP contribution in [0, 0.1) is 0 Å². The molecule has 0 aromatic heterocycles. The maximum atomic E-state index is 10.6. The third kappa shape index (κ3) is 8.94. The van der Waals surface area contributed by atoms with E-state index in [0.717, 1.165) is 0 Å². The number of halogens is 2. The monoisotopic (exact) mass is 400 g/mol. The van der Waals surface area contributed by atoms with Crippen molar-refractivity contribution in [2.45, 2.75) is 0 Å². The second-order valence-electron chi connectivity index (χ2n) is 1.69. The number of ether oxygens (including phenoxy) is 3. The van der Waals surface area contributed by atoms with Crippen LogP contribution in [0.4, 0.5) is 0 Å². The molecule has 0 unspecified atom stereocenters. The molecule has 0 N–H and O–H groups in total. The lowest BCUT2D eigenvalue weighted by atomic mass is 10.7. The average molecular weight is 400 g/mol. The van der Waals surface area contributed by atoms with Crippen molar-refractivity contribution >= 4 is 51.2 Å². The first-order chi connectivity index (χ1) is 5.81. The zero-order chi connectivity index (χ0) is 9.23. The summed E-state index contributed by atoms with van der Waals surface area (Å²) in [5, 5.41) is 0. The Morgan fingerprint density at radius 1 is 1.17 bits per heavy atom. The molecule has 0 spiro atoms. The topological polar surface area (TPSA) is 44.8 Å². The first-order valence-electron chi connectivity index (χ1n) is 3.24. The van der Waals surface area contributed by atoms with Gasteiger partial charge in [-0.15, -0.1) is 0 Å². The SMILES string of the molecule is O=C(CI)OCCOCOCI. The van der Waals surface area contributed by atoms with Gasteiger partial charge in [0.1, 0.15) is 18.0 Å². The fraction of sp³-hybridized carbons (Fsp3) is 0.833. The molecule has 0 aliphatic heterocycles. The van der Waals surface area contributed by atoms with Gasteiger partial charge in [0.15, 0.2) is 0 Å². The predicted molar refractivity (Wildman–Crippen MR) is 60.6 cm³/mol. The van der Waals surface area contributed by atoms with Crippen LogP contribution in [-0.2, 0) is 19.0 Å². The minimum Gasteiger partial charge on any atom is -0.463 e. The van der Waals surface area contributed by atoms with E-state index in [0.29, 0.717) is 22.3 Å². The molecular formula is C6H10I2O4. The van der Waals surface area contributed by atoms with Crippen molar-refractivity contribution in [1.82, 2.24) is 0 Å². The van der Waals surface area contributed by atoms with Gasteiger partial charge < -0.3 is 14.2 Å². The fourth-order valence-corrected chi connectivity index (χ4v) is 0.802. The third-order valence-corrected chi connectivity index (χ3v) is 1.91. The number of carbonyl (C=O) groups is 1. The van der Waals surface area contributed by atoms with Gasteiger partial charge in [0, 0.05) is 0 Å². The van der Waals surface area contributed by atoms with Crippen LogP contribution < -0.4 is 0 Å². The minimum atomic E-state index is -0.214. The fourth-order valence-electron chi connectivity index (χ4n) is 0.402. The van der Waals surface area contributed by atoms with E-state index in [-0.39, 0.29) is 12.8 Å². The van der Waals surface area contributed by atoms with Crippen molar-refractivity contribution in [1.29, 1.82) is 0 Å². The number of hydrogen-bond donors (Lipinski definition) is 0. The maximum Gasteiger partial charge on any atom is 0.315 e. The summed E-state index contributed by atoms with van der Waals surface area (Å²) in [6, 6.07) is 0. The van der Waals surface area contributed by atoms with Crippen molar-refractivity contribution in [3.63, 3.8) is 0 Å². The molecule has 0 aromatic rings. The Bertz CT molecular complexity index is 120. The van der Waals surface area contributed by atoms with E-state index in [2.05, 4.69) is 22.6 Å². The molecule has 0 fully saturated rings. The van der Waals surface area contributed by atoms with Crippen molar-refractivity contribution in [3.05, 3.63) is 0 Å². The molecule has 0 aliphatic carbocycles. The van der Waals surface area contributed by atoms with Gasteiger partial charge in [0.05, 0.1) is 11.0 Å². The van der Waals surface area contributed by atoms with Crippen LogP contribution in [0.5, 0.6) is 0 Å². The second kappa shape index (κ2) is 9.93. The minimum absolute atomic E-state index is 0.214. The highest BCUT2D eigenvalue weighted by atomic mass is 127. The lowest BCUT2D eigenvalue weighted by Gasteiger charge is -2.03. The van der Waals surface area contributed by atoms with E-state index in [1.54, 1.807) is 0 Å². The van der Waals surface area contributed by atoms with Crippen LogP contribution in [0.2, 0.25) is 0 Å². The van der Waals surface area contributed by atoms with Crippen molar-refractivity contribution in [3.8, 4) is 0 Å². The standard InChI is InChI=1S/C6H10I2O4/c7-3-6(9)12-2-1-10-5-11-4-8/h1-5H2. The van der Waals surface area contributed by atoms with Crippen molar-refractivity contribution < 1.29 is 19.0 Å². The summed E-state index contributed by atoms with van der Waals surface area (Å²) < 4.78 is 15.6. The first-order valence-corrected chi connectivity index (χ1v) is 6.29. The summed E-state index contributed by atoms with van der Waals surface area (Å²) >= 11 is 4.02. The summed E-state index contributed by atoms with van der Waals surface area (Å²) in [7, 11) is 0. The normalized spacial score (nSPS) is 9.83. The van der Waals surface area contributed by atoms with Crippen LogP contribution in [0.25, 0.3) is 0 Å². The summed E-state index contributed by atoms with van der Waals surface area (Å²) in [5.74, 6) is -0.214. The van der Waals surface area contributed by atoms with E-state index in [4.69, 9.17) is 14.2 Å². The van der Waals surface area contributed by atoms with Gasteiger partial charge >= 0.3 is 5.97 Å². The zero-order valence-electron chi connectivity index (χ0n) is 6.42. The molecule has 0 saturated carbocycles. The lowest BCUT2D eigenvalue weighted by molar-refractivity contribution is -0.143. The molecule has 0 rings (SSSR count). The van der Waals surface area contributed by atoms with Gasteiger partial charge in [-0.25, -0.2) is 0 Å². The molecular weight excluding hydrogens is 390 g/mol. The van der Waals surface area contributed by atoms with Crippen LogP contribution in [0.1, 0.15) is 0 Å². The molecule has 0 saturated heterocycles. The highest BCUT2D eigenvalue weighted by molar-refractivity contribution is 14.1. The van der Waals surface area contributed by atoms with Gasteiger partial charge in [-0.2, -0.15) is 0 Å². The van der Waals surface area contributed by atoms with E-state index >= 15 is 0 Å². The molecule has 0 heterocycles. The van der Waals surface area contributed by atoms with Crippen LogP contribution in [0.3, 0.4) is 0 Å². The molecule has 4 nitrogen and oxygen atoms in total. The molecule has 72 valence electrons. The molecule has 0 atom stereocenters. The van der Waals surface area contributed by atoms with Gasteiger partial charge in [0.25, 0.3) is 0 Å².